The zero-order valence-corrected chi connectivity index (χ0v) is 14.2. The van der Waals surface area contributed by atoms with Gasteiger partial charge in [0.05, 0.1) is 4.92 Å². The largest absolute Gasteiger partial charge is 0.350 e. The molecule has 2 heterocycles. The molecule has 1 N–H and O–H groups in total. The molecular formula is C17H18N6O2. The van der Waals surface area contributed by atoms with E-state index >= 15 is 0 Å². The van der Waals surface area contributed by atoms with Gasteiger partial charge in [-0.25, -0.2) is 9.97 Å². The maximum atomic E-state index is 11.4. The normalized spacial score (nSPS) is 10.7. The molecule has 2 aromatic heterocycles. The summed E-state index contributed by atoms with van der Waals surface area (Å²) in [6.45, 7) is 5.92. The van der Waals surface area contributed by atoms with Gasteiger partial charge in [0, 0.05) is 18.9 Å². The highest BCUT2D eigenvalue weighted by Crippen LogP contribution is 2.26. The van der Waals surface area contributed by atoms with Crippen molar-refractivity contribution in [3.63, 3.8) is 0 Å². The number of nitrogens with zero attached hydrogens (tertiary/aromatic N) is 5. The zero-order valence-electron chi connectivity index (χ0n) is 14.2. The Morgan fingerprint density at radius 3 is 2.48 bits per heavy atom. The Morgan fingerprint density at radius 1 is 1.16 bits per heavy atom. The summed E-state index contributed by atoms with van der Waals surface area (Å²) in [7, 11) is 0. The third-order valence-electron chi connectivity index (χ3n) is 3.85. The third kappa shape index (κ3) is 3.47. The molecule has 0 amide bonds. The number of anilines is 1. The lowest BCUT2D eigenvalue weighted by Crippen LogP contribution is -2.11. The summed E-state index contributed by atoms with van der Waals surface area (Å²) < 4.78 is 1.59. The molecule has 8 nitrogen and oxygen atoms in total. The Morgan fingerprint density at radius 2 is 1.88 bits per heavy atom. The van der Waals surface area contributed by atoms with E-state index in [9.17, 15) is 10.1 Å². The van der Waals surface area contributed by atoms with Gasteiger partial charge in [-0.15, -0.1) is 0 Å². The van der Waals surface area contributed by atoms with Crippen LogP contribution >= 0.6 is 0 Å². The fourth-order valence-corrected chi connectivity index (χ4v) is 2.50. The Kier molecular flexibility index (Phi) is 4.42. The predicted molar refractivity (Wildman–Crippen MR) is 93.8 cm³/mol. The molecule has 0 radical (unpaired) electrons. The Labute approximate surface area is 144 Å². The molecule has 3 aromatic rings. The number of hydrogen-bond acceptors (Lipinski definition) is 6. The minimum Gasteiger partial charge on any atom is -0.350 e. The van der Waals surface area contributed by atoms with Gasteiger partial charge in [-0.05, 0) is 26.3 Å². The smallest absolute Gasteiger partial charge is 0.333 e. The van der Waals surface area contributed by atoms with Crippen LogP contribution in [-0.4, -0.2) is 24.4 Å². The molecule has 0 unspecified atom stereocenters. The lowest BCUT2D eigenvalue weighted by atomic mass is 10.1. The number of aryl methyl sites for hydroxylation is 3. The van der Waals surface area contributed by atoms with Gasteiger partial charge in [0.15, 0.2) is 0 Å². The second kappa shape index (κ2) is 6.68. The molecule has 0 bridgehead atoms. The average molecular weight is 338 g/mol. The van der Waals surface area contributed by atoms with Gasteiger partial charge in [0.25, 0.3) is 0 Å². The molecule has 25 heavy (non-hydrogen) atoms. The fraction of sp³-hybridized carbons (Fsp3) is 0.235. The van der Waals surface area contributed by atoms with Crippen LogP contribution in [0.4, 0.5) is 11.6 Å². The van der Waals surface area contributed by atoms with Crippen molar-refractivity contribution in [2.24, 2.45) is 0 Å². The first-order chi connectivity index (χ1) is 12.0. The fourth-order valence-electron chi connectivity index (χ4n) is 2.50. The van der Waals surface area contributed by atoms with E-state index in [1.165, 1.54) is 5.56 Å². The van der Waals surface area contributed by atoms with Gasteiger partial charge < -0.3 is 5.32 Å². The molecule has 0 aliphatic rings. The van der Waals surface area contributed by atoms with Gasteiger partial charge in [0.2, 0.25) is 11.8 Å². The molecule has 0 aliphatic heterocycles. The lowest BCUT2D eigenvalue weighted by molar-refractivity contribution is -0.385. The van der Waals surface area contributed by atoms with Crippen LogP contribution in [0.5, 0.6) is 0 Å². The topological polar surface area (TPSA) is 98.8 Å². The van der Waals surface area contributed by atoms with Gasteiger partial charge in [-0.2, -0.15) is 4.98 Å². The van der Waals surface area contributed by atoms with Gasteiger partial charge in [0.1, 0.15) is 11.5 Å². The molecule has 0 aliphatic carbocycles. The maximum absolute atomic E-state index is 11.4. The van der Waals surface area contributed by atoms with Crippen LogP contribution in [0.15, 0.2) is 36.7 Å². The number of rotatable bonds is 5. The molecule has 3 rings (SSSR count). The quantitative estimate of drug-likeness (QED) is 0.567. The van der Waals surface area contributed by atoms with Crippen molar-refractivity contribution in [1.82, 2.24) is 19.5 Å². The lowest BCUT2D eigenvalue weighted by Gasteiger charge is -2.11. The average Bonchev–Trinajstić information content (AvgIpc) is 2.99. The summed E-state index contributed by atoms with van der Waals surface area (Å²) >= 11 is 0. The number of hydrogen-bond donors (Lipinski definition) is 1. The van der Waals surface area contributed by atoms with Crippen LogP contribution in [0.1, 0.15) is 22.6 Å². The highest BCUT2D eigenvalue weighted by molar-refractivity contribution is 5.54. The number of nitrogens with one attached hydrogen (secondary N) is 1. The van der Waals surface area contributed by atoms with Gasteiger partial charge >= 0.3 is 5.69 Å². The van der Waals surface area contributed by atoms with Gasteiger partial charge in [-0.1, -0.05) is 29.8 Å². The van der Waals surface area contributed by atoms with Crippen LogP contribution < -0.4 is 5.32 Å². The van der Waals surface area contributed by atoms with Crippen molar-refractivity contribution >= 4 is 11.6 Å². The zero-order chi connectivity index (χ0) is 18.0. The molecule has 0 atom stereocenters. The molecule has 0 spiro atoms. The standard InChI is InChI=1S/C17H18N6O2/c1-11-4-6-14(7-5-11)10-19-17-20-12(2)15(23(24)25)16(21-17)22-9-8-18-13(22)3/h4-9H,10H2,1-3H3,(H,19,20,21). The van der Waals surface area contributed by atoms with E-state index in [4.69, 9.17) is 0 Å². The van der Waals surface area contributed by atoms with Gasteiger partial charge in [-0.3, -0.25) is 14.7 Å². The summed E-state index contributed by atoms with van der Waals surface area (Å²) in [5.41, 5.74) is 2.44. The monoisotopic (exact) mass is 338 g/mol. The first kappa shape index (κ1) is 16.6. The number of nitro groups is 1. The van der Waals surface area contributed by atoms with Crippen LogP contribution in [0.2, 0.25) is 0 Å². The first-order valence-electron chi connectivity index (χ1n) is 7.78. The number of aromatic nitrogens is 4. The van der Waals surface area contributed by atoms with Crippen LogP contribution in [-0.2, 0) is 6.54 Å². The summed E-state index contributed by atoms with van der Waals surface area (Å²) in [5.74, 6) is 1.16. The number of benzene rings is 1. The first-order valence-corrected chi connectivity index (χ1v) is 7.78. The van der Waals surface area contributed by atoms with Crippen molar-refractivity contribution < 1.29 is 4.92 Å². The predicted octanol–water partition coefficient (Wildman–Crippen LogP) is 3.11. The Bertz CT molecular complexity index is 917. The van der Waals surface area contributed by atoms with Crippen molar-refractivity contribution in [2.45, 2.75) is 27.3 Å². The molecule has 0 saturated heterocycles. The Balaban J connectivity index is 1.95. The Hall–Kier alpha value is -3.29. The number of imidazole rings is 1. The maximum Gasteiger partial charge on any atom is 0.333 e. The van der Waals surface area contributed by atoms with Crippen LogP contribution in [0.3, 0.4) is 0 Å². The summed E-state index contributed by atoms with van der Waals surface area (Å²) in [6.07, 6.45) is 3.23. The SMILES string of the molecule is Cc1ccc(CNc2nc(C)c([N+](=O)[O-])c(-n3ccnc3C)n2)cc1. The highest BCUT2D eigenvalue weighted by Gasteiger charge is 2.24. The summed E-state index contributed by atoms with van der Waals surface area (Å²) in [4.78, 5) is 23.7. The molecule has 0 fully saturated rings. The minimum absolute atomic E-state index is 0.123. The minimum atomic E-state index is -0.464. The van der Waals surface area contributed by atoms with Crippen LogP contribution in [0.25, 0.3) is 5.82 Å². The molecular weight excluding hydrogens is 320 g/mol. The second-order valence-corrected chi connectivity index (χ2v) is 5.75. The summed E-state index contributed by atoms with van der Waals surface area (Å²) in [5, 5.41) is 14.6. The van der Waals surface area contributed by atoms with Crippen molar-refractivity contribution in [3.8, 4) is 5.82 Å². The van der Waals surface area contributed by atoms with Crippen molar-refractivity contribution in [1.29, 1.82) is 0 Å². The molecule has 1 aromatic carbocycles. The van der Waals surface area contributed by atoms with E-state index in [1.54, 1.807) is 30.8 Å². The van der Waals surface area contributed by atoms with E-state index < -0.39 is 4.92 Å². The molecule has 128 valence electrons. The molecule has 0 saturated carbocycles. The second-order valence-electron chi connectivity index (χ2n) is 5.75. The van der Waals surface area contributed by atoms with E-state index in [1.807, 2.05) is 31.2 Å². The van der Waals surface area contributed by atoms with Crippen molar-refractivity contribution in [3.05, 3.63) is 69.4 Å². The van der Waals surface area contributed by atoms with E-state index in [0.717, 1.165) is 5.56 Å². The van der Waals surface area contributed by atoms with Crippen LogP contribution in [0, 0.1) is 30.9 Å². The van der Waals surface area contributed by atoms with E-state index in [-0.39, 0.29) is 11.5 Å². The third-order valence-corrected chi connectivity index (χ3v) is 3.85. The highest BCUT2D eigenvalue weighted by atomic mass is 16.6. The van der Waals surface area contributed by atoms with E-state index in [0.29, 0.717) is 24.0 Å². The molecule has 8 heteroatoms. The summed E-state index contributed by atoms with van der Waals surface area (Å²) in [6, 6.07) is 8.08. The van der Waals surface area contributed by atoms with E-state index in [2.05, 4.69) is 20.3 Å². The van der Waals surface area contributed by atoms with Crippen molar-refractivity contribution in [2.75, 3.05) is 5.32 Å².